The Morgan fingerprint density at radius 2 is 1.69 bits per heavy atom. The Morgan fingerprint density at radius 3 is 2.38 bits per heavy atom. The number of hydrogen-bond donors (Lipinski definition) is 1. The molecule has 1 aromatic heterocycles. The first-order chi connectivity index (χ1) is 12.4. The molecule has 0 saturated carbocycles. The van der Waals surface area contributed by atoms with E-state index in [9.17, 15) is 18.0 Å². The Kier molecular flexibility index (Phi) is 5.04. The van der Waals surface area contributed by atoms with Gasteiger partial charge >= 0.3 is 0 Å². The molecule has 9 heteroatoms. The lowest BCUT2D eigenvalue weighted by atomic mass is 10.2. The fourth-order valence-corrected chi connectivity index (χ4v) is 2.14. The van der Waals surface area contributed by atoms with Crippen molar-refractivity contribution < 1.29 is 22.7 Å². The first-order valence-electron chi connectivity index (χ1n) is 7.14. The minimum absolute atomic E-state index is 0.0893. The normalized spacial score (nSPS) is 10.5. The number of benzene rings is 2. The Balaban J connectivity index is 1.82. The number of ether oxygens (including phenoxy) is 1. The number of carbonyl (C=O) groups excluding carboxylic acids is 1. The zero-order valence-electron chi connectivity index (χ0n) is 12.8. The summed E-state index contributed by atoms with van der Waals surface area (Å²) in [6.07, 6.45) is 1.04. The lowest BCUT2D eigenvalue weighted by Crippen LogP contribution is -2.13. The summed E-state index contributed by atoms with van der Waals surface area (Å²) in [6.45, 7) is 0. The monoisotopic (exact) mass is 379 g/mol. The summed E-state index contributed by atoms with van der Waals surface area (Å²) in [5, 5.41) is 2.23. The van der Waals surface area contributed by atoms with Gasteiger partial charge in [-0.3, -0.25) is 4.79 Å². The van der Waals surface area contributed by atoms with Crippen LogP contribution in [0.2, 0.25) is 5.02 Å². The number of hydrogen-bond acceptors (Lipinski definition) is 4. The van der Waals surface area contributed by atoms with E-state index in [1.165, 1.54) is 12.1 Å². The molecule has 0 unspecified atom stereocenters. The van der Waals surface area contributed by atoms with Crippen molar-refractivity contribution in [3.63, 3.8) is 0 Å². The van der Waals surface area contributed by atoms with E-state index in [-0.39, 0.29) is 28.0 Å². The van der Waals surface area contributed by atoms with Crippen LogP contribution in [0.5, 0.6) is 11.6 Å². The number of nitrogens with zero attached hydrogens (tertiary/aromatic N) is 2. The lowest BCUT2D eigenvalue weighted by Gasteiger charge is -2.10. The van der Waals surface area contributed by atoms with Crippen LogP contribution in [-0.2, 0) is 0 Å². The van der Waals surface area contributed by atoms with Crippen molar-refractivity contribution in [3.8, 4) is 11.6 Å². The molecule has 0 bridgehead atoms. The van der Waals surface area contributed by atoms with Crippen LogP contribution in [0.1, 0.15) is 10.4 Å². The second-order valence-corrected chi connectivity index (χ2v) is 5.36. The topological polar surface area (TPSA) is 64.1 Å². The molecule has 3 aromatic rings. The molecule has 0 fully saturated rings. The number of amides is 1. The van der Waals surface area contributed by atoms with Crippen LogP contribution in [0.15, 0.2) is 48.8 Å². The molecule has 5 nitrogen and oxygen atoms in total. The van der Waals surface area contributed by atoms with Crippen molar-refractivity contribution in [2.75, 3.05) is 5.32 Å². The van der Waals surface area contributed by atoms with Gasteiger partial charge in [0.05, 0.1) is 0 Å². The van der Waals surface area contributed by atoms with Crippen LogP contribution in [0.25, 0.3) is 0 Å². The second-order valence-electron chi connectivity index (χ2n) is 4.98. The lowest BCUT2D eigenvalue weighted by molar-refractivity contribution is 0.102. The minimum atomic E-state index is -0.948. The molecule has 3 rings (SSSR count). The van der Waals surface area contributed by atoms with E-state index in [0.29, 0.717) is 6.07 Å². The van der Waals surface area contributed by atoms with Crippen molar-refractivity contribution >= 4 is 23.3 Å². The predicted molar refractivity (Wildman–Crippen MR) is 87.8 cm³/mol. The molecular weight excluding hydrogens is 371 g/mol. The number of rotatable bonds is 4. The van der Waals surface area contributed by atoms with Gasteiger partial charge in [-0.2, -0.15) is 4.98 Å². The maximum atomic E-state index is 13.7. The van der Waals surface area contributed by atoms with E-state index in [1.54, 1.807) is 0 Å². The van der Waals surface area contributed by atoms with Crippen LogP contribution in [0, 0.1) is 17.5 Å². The molecule has 0 spiro atoms. The van der Waals surface area contributed by atoms with Crippen LogP contribution in [0.3, 0.4) is 0 Å². The zero-order valence-corrected chi connectivity index (χ0v) is 13.6. The van der Waals surface area contributed by atoms with Gasteiger partial charge < -0.3 is 10.1 Å². The van der Waals surface area contributed by atoms with Crippen molar-refractivity contribution in [2.24, 2.45) is 0 Å². The van der Waals surface area contributed by atoms with E-state index >= 15 is 0 Å². The first-order valence-corrected chi connectivity index (χ1v) is 7.52. The van der Waals surface area contributed by atoms with Gasteiger partial charge in [-0.05, 0) is 36.4 Å². The van der Waals surface area contributed by atoms with Gasteiger partial charge in [0.15, 0.2) is 17.4 Å². The summed E-state index contributed by atoms with van der Waals surface area (Å²) in [5.41, 5.74) is 0.174. The van der Waals surface area contributed by atoms with Gasteiger partial charge in [0.25, 0.3) is 5.91 Å². The molecule has 0 atom stereocenters. The number of anilines is 1. The molecule has 132 valence electrons. The number of nitrogens with one attached hydrogen (secondary N) is 1. The molecule has 1 N–H and O–H groups in total. The van der Waals surface area contributed by atoms with Gasteiger partial charge in [-0.15, -0.1) is 0 Å². The van der Waals surface area contributed by atoms with Crippen LogP contribution in [0.4, 0.5) is 19.0 Å². The van der Waals surface area contributed by atoms with Crippen molar-refractivity contribution in [1.29, 1.82) is 0 Å². The van der Waals surface area contributed by atoms with Gasteiger partial charge in [0.2, 0.25) is 5.88 Å². The second kappa shape index (κ2) is 7.40. The number of carbonyl (C=O) groups is 1. The summed E-state index contributed by atoms with van der Waals surface area (Å²) in [5.74, 6) is -3.42. The Labute approximate surface area is 150 Å². The van der Waals surface area contributed by atoms with Gasteiger partial charge in [0.1, 0.15) is 23.0 Å². The van der Waals surface area contributed by atoms with Crippen LogP contribution < -0.4 is 10.1 Å². The number of aromatic nitrogens is 2. The highest BCUT2D eigenvalue weighted by Crippen LogP contribution is 2.32. The zero-order chi connectivity index (χ0) is 18.7. The Hall–Kier alpha value is -3.13. The summed E-state index contributed by atoms with van der Waals surface area (Å²) in [4.78, 5) is 19.7. The molecule has 0 aliphatic carbocycles. The third-order valence-electron chi connectivity index (χ3n) is 3.20. The highest BCUT2D eigenvalue weighted by Gasteiger charge is 2.16. The molecule has 1 heterocycles. The highest BCUT2D eigenvalue weighted by atomic mass is 35.5. The smallest absolute Gasteiger partial charge is 0.256 e. The standard InChI is InChI=1S/C17H9ClF3N3O2/c18-14-15(24-16(25)9-1-3-10(19)4-2-9)22-8-23-17(14)26-13-6-5-11(20)7-12(13)21/h1-8H,(H,22,23,24,25). The average molecular weight is 380 g/mol. The molecular formula is C17H9ClF3N3O2. The van der Waals surface area contributed by atoms with Crippen LogP contribution >= 0.6 is 11.6 Å². The summed E-state index contributed by atoms with van der Waals surface area (Å²) in [7, 11) is 0. The van der Waals surface area contributed by atoms with Gasteiger partial charge in [-0.25, -0.2) is 18.2 Å². The van der Waals surface area contributed by atoms with Crippen molar-refractivity contribution in [2.45, 2.75) is 0 Å². The van der Waals surface area contributed by atoms with E-state index in [0.717, 1.165) is 30.6 Å². The summed E-state index contributed by atoms with van der Waals surface area (Å²) < 4.78 is 44.7. The summed E-state index contributed by atoms with van der Waals surface area (Å²) >= 11 is 6.08. The molecule has 2 aromatic carbocycles. The highest BCUT2D eigenvalue weighted by molar-refractivity contribution is 6.34. The van der Waals surface area contributed by atoms with Crippen molar-refractivity contribution in [1.82, 2.24) is 9.97 Å². The number of halogens is 4. The third kappa shape index (κ3) is 3.92. The molecule has 0 saturated heterocycles. The summed E-state index contributed by atoms with van der Waals surface area (Å²) in [6, 6.07) is 7.53. The molecule has 1 amide bonds. The van der Waals surface area contributed by atoms with Crippen molar-refractivity contribution in [3.05, 3.63) is 76.8 Å². The minimum Gasteiger partial charge on any atom is -0.434 e. The van der Waals surface area contributed by atoms with Crippen LogP contribution in [-0.4, -0.2) is 15.9 Å². The SMILES string of the molecule is O=C(Nc1ncnc(Oc2ccc(F)cc2F)c1Cl)c1ccc(F)cc1. The maximum Gasteiger partial charge on any atom is 0.256 e. The third-order valence-corrected chi connectivity index (χ3v) is 3.54. The fraction of sp³-hybridized carbons (Fsp3) is 0. The molecule has 0 aliphatic rings. The maximum absolute atomic E-state index is 13.7. The van der Waals surface area contributed by atoms with E-state index in [2.05, 4.69) is 15.3 Å². The molecule has 0 aliphatic heterocycles. The first kappa shape index (κ1) is 17.7. The van der Waals surface area contributed by atoms with E-state index < -0.39 is 23.4 Å². The molecule has 0 radical (unpaired) electrons. The predicted octanol–water partition coefficient (Wildman–Crippen LogP) is 4.59. The Morgan fingerprint density at radius 1 is 1.00 bits per heavy atom. The van der Waals surface area contributed by atoms with E-state index in [1.807, 2.05) is 0 Å². The van der Waals surface area contributed by atoms with Gasteiger partial charge in [-0.1, -0.05) is 11.6 Å². The molecule has 26 heavy (non-hydrogen) atoms. The fourth-order valence-electron chi connectivity index (χ4n) is 1.96. The quantitative estimate of drug-likeness (QED) is 0.720. The average Bonchev–Trinajstić information content (AvgIpc) is 2.61. The van der Waals surface area contributed by atoms with Gasteiger partial charge in [0, 0.05) is 11.6 Å². The Bertz CT molecular complexity index is 968. The largest absolute Gasteiger partial charge is 0.434 e. The van der Waals surface area contributed by atoms with E-state index in [4.69, 9.17) is 16.3 Å².